The van der Waals surface area contributed by atoms with Crippen molar-refractivity contribution in [3.8, 4) is 0 Å². The first-order valence-electron chi connectivity index (χ1n) is 7.88. The fourth-order valence-corrected chi connectivity index (χ4v) is 3.39. The van der Waals surface area contributed by atoms with E-state index in [2.05, 4.69) is 4.98 Å². The van der Waals surface area contributed by atoms with Gasteiger partial charge >= 0.3 is 0 Å². The van der Waals surface area contributed by atoms with E-state index in [9.17, 15) is 5.11 Å². The van der Waals surface area contributed by atoms with Gasteiger partial charge in [-0.05, 0) is 36.8 Å². The number of benzene rings is 2. The molecule has 0 radical (unpaired) electrons. The zero-order valence-corrected chi connectivity index (χ0v) is 16.9. The Hall–Kier alpha value is -2.32. The van der Waals surface area contributed by atoms with Gasteiger partial charge in [0, 0.05) is 33.0 Å². The van der Waals surface area contributed by atoms with Crippen molar-refractivity contribution < 1.29 is 15.4 Å². The van der Waals surface area contributed by atoms with Gasteiger partial charge in [0.1, 0.15) is 11.4 Å². The lowest BCUT2D eigenvalue weighted by molar-refractivity contribution is -0.742. The lowest BCUT2D eigenvalue weighted by Crippen LogP contribution is -2.33. The summed E-state index contributed by atoms with van der Waals surface area (Å²) >= 11 is 18.4. The standard InChI is InChI=1S/C18H15Cl3N2O.HNO3/c1-12-22-8-9-23(12)11-18(24,13-2-4-14(19)5-3-13)16-7-6-15(20)10-17(16)21;2-1(3)4/h2-10,24H,11H2,1H3;(H,2,3,4). The first kappa shape index (κ1) is 22.0. The van der Waals surface area contributed by atoms with E-state index in [1.165, 1.54) is 0 Å². The summed E-state index contributed by atoms with van der Waals surface area (Å²) in [6, 6.07) is 12.1. The molecule has 0 aliphatic rings. The highest BCUT2D eigenvalue weighted by molar-refractivity contribution is 6.35. The second-order valence-corrected chi connectivity index (χ2v) is 7.11. The number of aliphatic hydroxyl groups is 1. The summed E-state index contributed by atoms with van der Waals surface area (Å²) in [5.41, 5.74) is -0.0919. The van der Waals surface area contributed by atoms with Crippen LogP contribution in [0.4, 0.5) is 0 Å². The van der Waals surface area contributed by atoms with Crippen LogP contribution in [0.1, 0.15) is 17.0 Å². The average Bonchev–Trinajstić information content (AvgIpc) is 2.99. The van der Waals surface area contributed by atoms with Crippen molar-refractivity contribution in [3.05, 3.63) is 97.0 Å². The Morgan fingerprint density at radius 1 is 1.14 bits per heavy atom. The summed E-state index contributed by atoms with van der Waals surface area (Å²) in [5.74, 6) is 0.799. The lowest BCUT2D eigenvalue weighted by atomic mass is 9.86. The Kier molecular flexibility index (Phi) is 7.26. The van der Waals surface area contributed by atoms with Gasteiger partial charge in [-0.15, -0.1) is 10.1 Å². The van der Waals surface area contributed by atoms with E-state index in [0.29, 0.717) is 26.2 Å². The summed E-state index contributed by atoms with van der Waals surface area (Å²) < 4.78 is 1.87. The maximum atomic E-state index is 11.6. The molecule has 1 aromatic heterocycles. The molecule has 3 aromatic rings. The van der Waals surface area contributed by atoms with Crippen LogP contribution in [0.5, 0.6) is 0 Å². The molecule has 1 unspecified atom stereocenters. The highest BCUT2D eigenvalue weighted by Crippen LogP contribution is 2.37. The molecule has 1 heterocycles. The number of hydrogen-bond acceptors (Lipinski definition) is 4. The number of aryl methyl sites for hydroxylation is 1. The molecular weight excluding hydrogens is 429 g/mol. The highest BCUT2D eigenvalue weighted by Gasteiger charge is 2.34. The van der Waals surface area contributed by atoms with Gasteiger partial charge in [-0.2, -0.15) is 0 Å². The molecule has 148 valence electrons. The van der Waals surface area contributed by atoms with E-state index >= 15 is 0 Å². The van der Waals surface area contributed by atoms with E-state index in [4.69, 9.17) is 50.1 Å². The maximum absolute atomic E-state index is 11.6. The summed E-state index contributed by atoms with van der Waals surface area (Å²) in [4.78, 5) is 12.6. The van der Waals surface area contributed by atoms with Crippen LogP contribution >= 0.6 is 34.8 Å². The molecule has 0 bridgehead atoms. The van der Waals surface area contributed by atoms with Gasteiger partial charge in [-0.25, -0.2) is 4.98 Å². The fourth-order valence-electron chi connectivity index (χ4n) is 2.70. The van der Waals surface area contributed by atoms with Crippen LogP contribution in [0, 0.1) is 17.0 Å². The largest absolute Gasteiger partial charge is 0.378 e. The molecule has 0 amide bonds. The van der Waals surface area contributed by atoms with Gasteiger partial charge in [-0.3, -0.25) is 0 Å². The van der Waals surface area contributed by atoms with Gasteiger partial charge in [0.05, 0.1) is 6.54 Å². The number of hydrogen-bond donors (Lipinski definition) is 2. The van der Waals surface area contributed by atoms with Crippen molar-refractivity contribution in [1.29, 1.82) is 0 Å². The predicted molar refractivity (Wildman–Crippen MR) is 107 cm³/mol. The first-order chi connectivity index (χ1) is 13.1. The number of halogens is 3. The van der Waals surface area contributed by atoms with E-state index in [1.54, 1.807) is 48.7 Å². The van der Waals surface area contributed by atoms with Gasteiger partial charge in [0.25, 0.3) is 5.09 Å². The smallest absolute Gasteiger partial charge is 0.291 e. The maximum Gasteiger partial charge on any atom is 0.291 e. The topological polar surface area (TPSA) is 101 Å². The Balaban J connectivity index is 0.000000640. The Morgan fingerprint density at radius 3 is 2.21 bits per heavy atom. The second-order valence-electron chi connectivity index (χ2n) is 5.83. The highest BCUT2D eigenvalue weighted by atomic mass is 35.5. The van der Waals surface area contributed by atoms with Crippen molar-refractivity contribution in [3.63, 3.8) is 0 Å². The first-order valence-corrected chi connectivity index (χ1v) is 9.02. The van der Waals surface area contributed by atoms with Gasteiger partial charge in [0.15, 0.2) is 0 Å². The minimum Gasteiger partial charge on any atom is -0.378 e. The van der Waals surface area contributed by atoms with Crippen LogP contribution in [0.3, 0.4) is 0 Å². The third kappa shape index (κ3) is 5.36. The van der Waals surface area contributed by atoms with Crippen LogP contribution in [0.25, 0.3) is 0 Å². The van der Waals surface area contributed by atoms with Crippen molar-refractivity contribution in [2.75, 3.05) is 0 Å². The molecule has 0 aliphatic heterocycles. The molecule has 0 spiro atoms. The number of nitrogens with zero attached hydrogens (tertiary/aromatic N) is 3. The van der Waals surface area contributed by atoms with Gasteiger partial charge < -0.3 is 14.9 Å². The average molecular weight is 445 g/mol. The molecule has 2 N–H and O–H groups in total. The molecular formula is C18H16Cl3N3O4. The fraction of sp³-hybridized carbons (Fsp3) is 0.167. The van der Waals surface area contributed by atoms with E-state index < -0.39 is 10.7 Å². The van der Waals surface area contributed by atoms with E-state index in [0.717, 1.165) is 5.82 Å². The molecule has 7 nitrogen and oxygen atoms in total. The van der Waals surface area contributed by atoms with Crippen molar-refractivity contribution >= 4 is 34.8 Å². The molecule has 0 saturated heterocycles. The van der Waals surface area contributed by atoms with Crippen molar-refractivity contribution in [1.82, 2.24) is 9.55 Å². The van der Waals surface area contributed by atoms with E-state index in [1.807, 2.05) is 17.7 Å². The SMILES string of the molecule is Cc1nccn1CC(O)(c1ccc(Cl)cc1)c1ccc(Cl)cc1Cl.O=[N+]([O-])O. The Morgan fingerprint density at radius 2 is 1.71 bits per heavy atom. The molecule has 10 heteroatoms. The van der Waals surface area contributed by atoms with Crippen LogP contribution in [-0.2, 0) is 12.1 Å². The summed E-state index contributed by atoms with van der Waals surface area (Å²) in [6.45, 7) is 2.15. The monoisotopic (exact) mass is 443 g/mol. The molecule has 2 aromatic carbocycles. The minimum absolute atomic E-state index is 0.266. The summed E-state index contributed by atoms with van der Waals surface area (Å²) in [5, 5.41) is 26.7. The van der Waals surface area contributed by atoms with Crippen LogP contribution in [0.15, 0.2) is 54.9 Å². The second kappa shape index (κ2) is 9.25. The molecule has 28 heavy (non-hydrogen) atoms. The number of imidazole rings is 1. The molecule has 0 aliphatic carbocycles. The number of rotatable bonds is 4. The van der Waals surface area contributed by atoms with Crippen LogP contribution in [0.2, 0.25) is 15.1 Å². The summed E-state index contributed by atoms with van der Waals surface area (Å²) in [6.07, 6.45) is 3.52. The predicted octanol–water partition coefficient (Wildman–Crippen LogP) is 4.74. The number of aromatic nitrogens is 2. The zero-order chi connectivity index (χ0) is 20.9. The van der Waals surface area contributed by atoms with Gasteiger partial charge in [0.2, 0.25) is 0 Å². The van der Waals surface area contributed by atoms with Crippen molar-refractivity contribution in [2.24, 2.45) is 0 Å². The lowest BCUT2D eigenvalue weighted by Gasteiger charge is -2.31. The third-order valence-corrected chi connectivity index (χ3v) is 4.82. The van der Waals surface area contributed by atoms with Crippen LogP contribution < -0.4 is 0 Å². The Labute approximate surface area is 175 Å². The molecule has 3 rings (SSSR count). The minimum atomic E-state index is -1.50. The molecule has 0 saturated carbocycles. The summed E-state index contributed by atoms with van der Waals surface area (Å²) in [7, 11) is 0. The third-order valence-electron chi connectivity index (χ3n) is 4.02. The molecule has 1 atom stereocenters. The van der Waals surface area contributed by atoms with E-state index in [-0.39, 0.29) is 6.54 Å². The molecule has 0 fully saturated rings. The Bertz CT molecular complexity index is 959. The zero-order valence-electron chi connectivity index (χ0n) is 14.6. The quantitative estimate of drug-likeness (QED) is 0.447. The normalized spacial score (nSPS) is 12.6. The van der Waals surface area contributed by atoms with Crippen LogP contribution in [-0.4, -0.2) is 25.0 Å². The van der Waals surface area contributed by atoms with Crippen molar-refractivity contribution in [2.45, 2.75) is 19.1 Å². The van der Waals surface area contributed by atoms with Gasteiger partial charge in [-0.1, -0.05) is 53.0 Å².